The molecule has 0 saturated heterocycles. The zero-order chi connectivity index (χ0) is 13.8. The third-order valence-corrected chi connectivity index (χ3v) is 3.63. The fourth-order valence-corrected chi connectivity index (χ4v) is 2.47. The summed E-state index contributed by atoms with van der Waals surface area (Å²) in [6.45, 7) is 0.487. The minimum absolute atomic E-state index is 0.133. The number of nitriles is 1. The first kappa shape index (κ1) is 12.9. The van der Waals surface area contributed by atoms with E-state index in [0.29, 0.717) is 11.5 Å². The number of primary amides is 1. The number of aromatic nitrogens is 1. The number of nitrogens with two attached hydrogens (primary N) is 2. The molecule has 19 heavy (non-hydrogen) atoms. The highest BCUT2D eigenvalue weighted by molar-refractivity contribution is 7.18. The Morgan fingerprint density at radius 3 is 2.95 bits per heavy atom. The third kappa shape index (κ3) is 2.64. The van der Waals surface area contributed by atoms with Gasteiger partial charge in [-0.25, -0.2) is 0 Å². The fraction of sp³-hybridized carbons (Fsp3) is 0.0833. The molecule has 0 unspecified atom stereocenters. The van der Waals surface area contributed by atoms with Crippen molar-refractivity contribution in [1.29, 1.82) is 5.26 Å². The maximum absolute atomic E-state index is 11.2. The Balaban J connectivity index is 2.24. The number of nitrogen functional groups attached to an aromatic ring is 1. The van der Waals surface area contributed by atoms with Crippen LogP contribution in [0.5, 0.6) is 0 Å². The highest BCUT2D eigenvalue weighted by Gasteiger charge is 2.18. The quantitative estimate of drug-likeness (QED) is 0.776. The molecule has 5 N–H and O–H groups in total. The van der Waals surface area contributed by atoms with Crippen molar-refractivity contribution in [2.75, 3.05) is 11.1 Å². The number of amides is 1. The largest absolute Gasteiger partial charge is 0.396 e. The van der Waals surface area contributed by atoms with Crippen LogP contribution in [0.2, 0.25) is 0 Å². The van der Waals surface area contributed by atoms with Crippen LogP contribution in [0.4, 0.5) is 10.7 Å². The molecule has 2 aromatic heterocycles. The van der Waals surface area contributed by atoms with Gasteiger partial charge in [-0.2, -0.15) is 5.26 Å². The summed E-state index contributed by atoms with van der Waals surface area (Å²) in [5, 5.41) is 12.7. The van der Waals surface area contributed by atoms with Gasteiger partial charge in [-0.1, -0.05) is 6.07 Å². The van der Waals surface area contributed by atoms with Crippen molar-refractivity contribution >= 4 is 27.9 Å². The number of rotatable bonds is 4. The van der Waals surface area contributed by atoms with E-state index in [9.17, 15) is 4.79 Å². The first-order valence-corrected chi connectivity index (χ1v) is 6.20. The van der Waals surface area contributed by atoms with Crippen molar-refractivity contribution in [3.05, 3.63) is 40.5 Å². The minimum atomic E-state index is -0.631. The van der Waals surface area contributed by atoms with Gasteiger partial charge < -0.3 is 16.8 Å². The topological polar surface area (TPSA) is 118 Å². The van der Waals surface area contributed by atoms with Crippen molar-refractivity contribution in [3.8, 4) is 6.07 Å². The first-order valence-electron chi connectivity index (χ1n) is 5.38. The summed E-state index contributed by atoms with van der Waals surface area (Å²) in [5.74, 6) is -0.631. The summed E-state index contributed by atoms with van der Waals surface area (Å²) in [7, 11) is 0. The molecule has 2 heterocycles. The van der Waals surface area contributed by atoms with Crippen LogP contribution in [0.1, 0.15) is 20.8 Å². The lowest BCUT2D eigenvalue weighted by atomic mass is 10.2. The maximum Gasteiger partial charge on any atom is 0.261 e. The summed E-state index contributed by atoms with van der Waals surface area (Å²) in [6, 6.07) is 5.69. The molecule has 0 radical (unpaired) electrons. The second kappa shape index (κ2) is 5.37. The molecular weight excluding hydrogens is 262 g/mol. The molecule has 0 saturated carbocycles. The van der Waals surface area contributed by atoms with Crippen LogP contribution < -0.4 is 16.8 Å². The Morgan fingerprint density at radius 2 is 2.37 bits per heavy atom. The maximum atomic E-state index is 11.2. The van der Waals surface area contributed by atoms with Gasteiger partial charge >= 0.3 is 0 Å². The van der Waals surface area contributed by atoms with E-state index < -0.39 is 5.91 Å². The Labute approximate surface area is 113 Å². The number of nitrogens with zero attached hydrogens (tertiary/aromatic N) is 2. The average molecular weight is 273 g/mol. The molecule has 0 aliphatic rings. The first-order chi connectivity index (χ1) is 9.13. The number of hydrogen-bond acceptors (Lipinski definition) is 6. The molecule has 1 amide bonds. The van der Waals surface area contributed by atoms with Gasteiger partial charge in [0.05, 0.1) is 5.69 Å². The number of pyridine rings is 1. The van der Waals surface area contributed by atoms with E-state index in [1.807, 2.05) is 18.2 Å². The van der Waals surface area contributed by atoms with Gasteiger partial charge in [0.25, 0.3) is 5.91 Å². The smallest absolute Gasteiger partial charge is 0.261 e. The molecule has 96 valence electrons. The molecule has 2 rings (SSSR count). The van der Waals surface area contributed by atoms with E-state index >= 15 is 0 Å². The van der Waals surface area contributed by atoms with E-state index in [1.165, 1.54) is 0 Å². The average Bonchev–Trinajstić information content (AvgIpc) is 2.74. The zero-order valence-corrected chi connectivity index (χ0v) is 10.7. The predicted octanol–water partition coefficient (Wildman–Crippen LogP) is 1.31. The molecule has 2 aromatic rings. The van der Waals surface area contributed by atoms with E-state index in [1.54, 1.807) is 12.4 Å². The molecule has 0 spiro atoms. The second-order valence-corrected chi connectivity index (χ2v) is 4.76. The second-order valence-electron chi connectivity index (χ2n) is 3.74. The molecule has 0 bridgehead atoms. The SMILES string of the molecule is N#Cc1c(NCc2cccnc2)sc(C(N)=O)c1N. The van der Waals surface area contributed by atoms with Crippen LogP contribution in [0.25, 0.3) is 0 Å². The molecule has 0 aliphatic carbocycles. The van der Waals surface area contributed by atoms with Crippen molar-refractivity contribution in [3.63, 3.8) is 0 Å². The molecule has 0 fully saturated rings. The van der Waals surface area contributed by atoms with E-state index in [0.717, 1.165) is 16.9 Å². The summed E-state index contributed by atoms with van der Waals surface area (Å²) >= 11 is 1.08. The molecule has 0 aliphatic heterocycles. The Hall–Kier alpha value is -2.59. The van der Waals surface area contributed by atoms with Crippen LogP contribution in [-0.4, -0.2) is 10.9 Å². The van der Waals surface area contributed by atoms with E-state index in [2.05, 4.69) is 10.3 Å². The molecule has 0 atom stereocenters. The van der Waals surface area contributed by atoms with Gasteiger partial charge in [0.1, 0.15) is 21.5 Å². The number of thiophene rings is 1. The van der Waals surface area contributed by atoms with Crippen LogP contribution >= 0.6 is 11.3 Å². The van der Waals surface area contributed by atoms with Gasteiger partial charge in [-0.05, 0) is 11.6 Å². The number of carbonyl (C=O) groups is 1. The van der Waals surface area contributed by atoms with E-state index in [-0.39, 0.29) is 16.1 Å². The zero-order valence-electron chi connectivity index (χ0n) is 9.88. The number of nitrogens with one attached hydrogen (secondary N) is 1. The molecular formula is C12H11N5OS. The standard InChI is InChI=1S/C12H11N5OS/c13-4-8-9(14)10(11(15)18)19-12(8)17-6-7-2-1-3-16-5-7/h1-3,5,17H,6,14H2,(H2,15,18). The van der Waals surface area contributed by atoms with E-state index in [4.69, 9.17) is 16.7 Å². The summed E-state index contributed by atoms with van der Waals surface area (Å²) in [6.07, 6.45) is 3.39. The minimum Gasteiger partial charge on any atom is -0.396 e. The summed E-state index contributed by atoms with van der Waals surface area (Å²) in [5.41, 5.74) is 12.3. The number of anilines is 2. The molecule has 6 nitrogen and oxygen atoms in total. The van der Waals surface area contributed by atoms with Gasteiger partial charge in [0.2, 0.25) is 0 Å². The number of carbonyl (C=O) groups excluding carboxylic acids is 1. The van der Waals surface area contributed by atoms with Crippen LogP contribution in [0.3, 0.4) is 0 Å². The van der Waals surface area contributed by atoms with Crippen LogP contribution in [0.15, 0.2) is 24.5 Å². The van der Waals surface area contributed by atoms with Crippen molar-refractivity contribution in [2.24, 2.45) is 5.73 Å². The molecule has 7 heteroatoms. The lowest BCUT2D eigenvalue weighted by molar-refractivity contribution is 0.100. The Bertz CT molecular complexity index is 644. The lowest BCUT2D eigenvalue weighted by Crippen LogP contribution is -2.10. The van der Waals surface area contributed by atoms with Crippen LogP contribution in [-0.2, 0) is 6.54 Å². The highest BCUT2D eigenvalue weighted by Crippen LogP contribution is 2.34. The fourth-order valence-electron chi connectivity index (χ4n) is 1.55. The monoisotopic (exact) mass is 273 g/mol. The lowest BCUT2D eigenvalue weighted by Gasteiger charge is -2.03. The summed E-state index contributed by atoms with van der Waals surface area (Å²) < 4.78 is 0. The Morgan fingerprint density at radius 1 is 1.58 bits per heavy atom. The molecule has 0 aromatic carbocycles. The normalized spacial score (nSPS) is 9.84. The van der Waals surface area contributed by atoms with Crippen molar-refractivity contribution < 1.29 is 4.79 Å². The van der Waals surface area contributed by atoms with Crippen LogP contribution in [0, 0.1) is 11.3 Å². The highest BCUT2D eigenvalue weighted by atomic mass is 32.1. The summed E-state index contributed by atoms with van der Waals surface area (Å²) in [4.78, 5) is 15.4. The van der Waals surface area contributed by atoms with Crippen molar-refractivity contribution in [2.45, 2.75) is 6.54 Å². The number of hydrogen-bond donors (Lipinski definition) is 3. The van der Waals surface area contributed by atoms with Gasteiger partial charge in [0, 0.05) is 18.9 Å². The van der Waals surface area contributed by atoms with Gasteiger partial charge in [-0.3, -0.25) is 9.78 Å². The van der Waals surface area contributed by atoms with Gasteiger partial charge in [-0.15, -0.1) is 11.3 Å². The predicted molar refractivity (Wildman–Crippen MR) is 73.5 cm³/mol. The van der Waals surface area contributed by atoms with Crippen molar-refractivity contribution in [1.82, 2.24) is 4.98 Å². The van der Waals surface area contributed by atoms with Gasteiger partial charge in [0.15, 0.2) is 0 Å². The Kier molecular flexibility index (Phi) is 3.63. The third-order valence-electron chi connectivity index (χ3n) is 2.46.